The van der Waals surface area contributed by atoms with E-state index >= 15 is 0 Å². The number of Topliss-reactive ketones (excluding diaryl/α,β-unsaturated/α-hetero) is 1. The molecule has 0 fully saturated rings. The molecule has 3 aromatic rings. The third-order valence-corrected chi connectivity index (χ3v) is 2.86. The Morgan fingerprint density at radius 2 is 1.74 bits per heavy atom. The molecule has 0 amide bonds. The number of pyridine rings is 1. The van der Waals surface area contributed by atoms with Crippen molar-refractivity contribution in [2.24, 2.45) is 0 Å². The number of rotatable bonds is 3. The largest absolute Gasteiger partial charge is 0.294 e. The third kappa shape index (κ3) is 2.47. The van der Waals surface area contributed by atoms with E-state index in [0.717, 1.165) is 16.7 Å². The van der Waals surface area contributed by atoms with E-state index in [2.05, 4.69) is 15.0 Å². The van der Waals surface area contributed by atoms with Gasteiger partial charge in [-0.25, -0.2) is 0 Å². The molecule has 0 aliphatic heterocycles. The number of ketones is 1. The second-order valence-corrected chi connectivity index (χ2v) is 4.18. The first-order valence-corrected chi connectivity index (χ1v) is 5.97. The number of hydrogen-bond donors (Lipinski definition) is 0. The Kier molecular flexibility index (Phi) is 2.98. The molecule has 2 aromatic heterocycles. The fourth-order valence-electron chi connectivity index (χ4n) is 1.91. The van der Waals surface area contributed by atoms with E-state index in [1.807, 2.05) is 24.3 Å². The van der Waals surface area contributed by atoms with Crippen LogP contribution in [-0.4, -0.2) is 20.7 Å². The molecule has 92 valence electrons. The van der Waals surface area contributed by atoms with Crippen molar-refractivity contribution in [1.29, 1.82) is 0 Å². The number of benzene rings is 1. The quantitative estimate of drug-likeness (QED) is 0.669. The van der Waals surface area contributed by atoms with Gasteiger partial charge in [-0.05, 0) is 30.3 Å². The van der Waals surface area contributed by atoms with Gasteiger partial charge in [-0.1, -0.05) is 6.07 Å². The molecule has 0 N–H and O–H groups in total. The lowest BCUT2D eigenvalue weighted by molar-refractivity contribution is 0.0992. The Morgan fingerprint density at radius 1 is 0.895 bits per heavy atom. The maximum Gasteiger partial charge on any atom is 0.168 e. The average molecular weight is 249 g/mol. The summed E-state index contributed by atoms with van der Waals surface area (Å²) in [5, 5.41) is 0. The molecule has 0 radical (unpaired) electrons. The van der Waals surface area contributed by atoms with Crippen molar-refractivity contribution in [2.45, 2.75) is 6.42 Å². The Morgan fingerprint density at radius 3 is 2.53 bits per heavy atom. The van der Waals surface area contributed by atoms with Gasteiger partial charge in [-0.3, -0.25) is 19.7 Å². The highest BCUT2D eigenvalue weighted by molar-refractivity contribution is 5.99. The maximum absolute atomic E-state index is 12.2. The van der Waals surface area contributed by atoms with Gasteiger partial charge in [0.2, 0.25) is 0 Å². The van der Waals surface area contributed by atoms with Gasteiger partial charge >= 0.3 is 0 Å². The summed E-state index contributed by atoms with van der Waals surface area (Å²) in [5.74, 6) is 0.0336. The van der Waals surface area contributed by atoms with E-state index in [1.165, 1.54) is 0 Å². The van der Waals surface area contributed by atoms with Crippen molar-refractivity contribution in [3.8, 4) is 0 Å². The topological polar surface area (TPSA) is 55.7 Å². The van der Waals surface area contributed by atoms with Crippen LogP contribution in [0.5, 0.6) is 0 Å². The van der Waals surface area contributed by atoms with Crippen LogP contribution in [0.25, 0.3) is 11.0 Å². The summed E-state index contributed by atoms with van der Waals surface area (Å²) in [6, 6.07) is 10.9. The van der Waals surface area contributed by atoms with Crippen LogP contribution in [0.2, 0.25) is 0 Å². The van der Waals surface area contributed by atoms with Gasteiger partial charge in [-0.2, -0.15) is 0 Å². The van der Waals surface area contributed by atoms with Crippen LogP contribution in [0.15, 0.2) is 55.0 Å². The molecular weight excluding hydrogens is 238 g/mol. The number of aromatic nitrogens is 3. The molecule has 0 bridgehead atoms. The van der Waals surface area contributed by atoms with Gasteiger partial charge in [0.15, 0.2) is 5.78 Å². The van der Waals surface area contributed by atoms with Crippen molar-refractivity contribution < 1.29 is 4.79 Å². The van der Waals surface area contributed by atoms with Gasteiger partial charge in [0.1, 0.15) is 0 Å². The normalized spacial score (nSPS) is 10.5. The zero-order valence-electron chi connectivity index (χ0n) is 10.2. The molecule has 4 nitrogen and oxygen atoms in total. The van der Waals surface area contributed by atoms with Gasteiger partial charge in [-0.15, -0.1) is 0 Å². The van der Waals surface area contributed by atoms with E-state index in [4.69, 9.17) is 0 Å². The van der Waals surface area contributed by atoms with Crippen LogP contribution >= 0.6 is 0 Å². The summed E-state index contributed by atoms with van der Waals surface area (Å²) < 4.78 is 0. The minimum Gasteiger partial charge on any atom is -0.294 e. The van der Waals surface area contributed by atoms with E-state index in [9.17, 15) is 4.79 Å². The second kappa shape index (κ2) is 4.94. The van der Waals surface area contributed by atoms with Crippen LogP contribution in [0.4, 0.5) is 0 Å². The maximum atomic E-state index is 12.2. The fraction of sp³-hybridized carbons (Fsp3) is 0.0667. The first-order valence-electron chi connectivity index (χ1n) is 5.97. The van der Waals surface area contributed by atoms with E-state index in [0.29, 0.717) is 12.0 Å². The van der Waals surface area contributed by atoms with Crippen LogP contribution in [0.1, 0.15) is 16.1 Å². The summed E-state index contributed by atoms with van der Waals surface area (Å²) in [6.45, 7) is 0. The van der Waals surface area contributed by atoms with Gasteiger partial charge in [0.05, 0.1) is 17.5 Å². The Balaban J connectivity index is 1.89. The molecule has 2 heterocycles. The van der Waals surface area contributed by atoms with Crippen molar-refractivity contribution in [3.05, 3.63) is 66.2 Å². The lowest BCUT2D eigenvalue weighted by Gasteiger charge is -2.02. The molecule has 0 saturated carbocycles. The SMILES string of the molecule is O=C(Cc1ccccn1)c1ccc2nccnc2c1. The van der Waals surface area contributed by atoms with Crippen LogP contribution < -0.4 is 0 Å². The third-order valence-electron chi connectivity index (χ3n) is 2.86. The molecule has 0 unspecified atom stereocenters. The molecule has 0 atom stereocenters. The van der Waals surface area contributed by atoms with Gasteiger partial charge in [0.25, 0.3) is 0 Å². The molecule has 19 heavy (non-hydrogen) atoms. The fourth-order valence-corrected chi connectivity index (χ4v) is 1.91. The summed E-state index contributed by atoms with van der Waals surface area (Å²) >= 11 is 0. The molecule has 0 saturated heterocycles. The summed E-state index contributed by atoms with van der Waals surface area (Å²) in [6.07, 6.45) is 5.24. The first kappa shape index (κ1) is 11.5. The van der Waals surface area contributed by atoms with Crippen molar-refractivity contribution in [3.63, 3.8) is 0 Å². The first-order chi connectivity index (χ1) is 9.33. The van der Waals surface area contributed by atoms with E-state index < -0.39 is 0 Å². The number of carbonyl (C=O) groups is 1. The van der Waals surface area contributed by atoms with Crippen LogP contribution in [0.3, 0.4) is 0 Å². The zero-order chi connectivity index (χ0) is 13.1. The van der Waals surface area contributed by atoms with Gasteiger partial charge < -0.3 is 0 Å². The van der Waals surface area contributed by atoms with Crippen molar-refractivity contribution in [1.82, 2.24) is 15.0 Å². The molecule has 4 heteroatoms. The predicted molar refractivity (Wildman–Crippen MR) is 71.8 cm³/mol. The zero-order valence-corrected chi connectivity index (χ0v) is 10.2. The van der Waals surface area contributed by atoms with E-state index in [1.54, 1.807) is 30.7 Å². The van der Waals surface area contributed by atoms with Crippen molar-refractivity contribution >= 4 is 16.8 Å². The lowest BCUT2D eigenvalue weighted by Crippen LogP contribution is -2.05. The molecule has 1 aromatic carbocycles. The lowest BCUT2D eigenvalue weighted by atomic mass is 10.1. The predicted octanol–water partition coefficient (Wildman–Crippen LogP) is 2.45. The number of hydrogen-bond acceptors (Lipinski definition) is 4. The molecule has 0 aliphatic carbocycles. The summed E-state index contributed by atoms with van der Waals surface area (Å²) in [5.41, 5.74) is 2.93. The molecule has 3 rings (SSSR count). The Bertz CT molecular complexity index is 726. The highest BCUT2D eigenvalue weighted by Crippen LogP contribution is 2.13. The van der Waals surface area contributed by atoms with E-state index in [-0.39, 0.29) is 5.78 Å². The Labute approximate surface area is 110 Å². The summed E-state index contributed by atoms with van der Waals surface area (Å²) in [4.78, 5) is 24.7. The summed E-state index contributed by atoms with van der Waals surface area (Å²) in [7, 11) is 0. The monoisotopic (exact) mass is 249 g/mol. The minimum atomic E-state index is 0.0336. The smallest absolute Gasteiger partial charge is 0.168 e. The number of carbonyl (C=O) groups excluding carboxylic acids is 1. The van der Waals surface area contributed by atoms with Crippen LogP contribution in [-0.2, 0) is 6.42 Å². The van der Waals surface area contributed by atoms with Crippen molar-refractivity contribution in [2.75, 3.05) is 0 Å². The highest BCUT2D eigenvalue weighted by atomic mass is 16.1. The number of nitrogens with zero attached hydrogens (tertiary/aromatic N) is 3. The standard InChI is InChI=1S/C15H11N3O/c19-15(10-12-3-1-2-6-16-12)11-4-5-13-14(9-11)18-8-7-17-13/h1-9H,10H2. The minimum absolute atomic E-state index is 0.0336. The molecular formula is C15H11N3O. The second-order valence-electron chi connectivity index (χ2n) is 4.18. The number of fused-ring (bicyclic) bond motifs is 1. The molecule has 0 aliphatic rings. The molecule has 0 spiro atoms. The van der Waals surface area contributed by atoms with Gasteiger partial charge in [0, 0.05) is 29.8 Å². The Hall–Kier alpha value is -2.62. The average Bonchev–Trinajstić information content (AvgIpc) is 2.48. The van der Waals surface area contributed by atoms with Crippen LogP contribution in [0, 0.1) is 0 Å². The highest BCUT2D eigenvalue weighted by Gasteiger charge is 2.09.